The lowest BCUT2D eigenvalue weighted by atomic mass is 10.0. The van der Waals surface area contributed by atoms with Gasteiger partial charge in [0, 0.05) is 11.5 Å². The second kappa shape index (κ2) is 5.07. The molecule has 1 atom stereocenters. The van der Waals surface area contributed by atoms with Gasteiger partial charge in [-0.2, -0.15) is 13.2 Å². The summed E-state index contributed by atoms with van der Waals surface area (Å²) in [6, 6.07) is 8.59. The van der Waals surface area contributed by atoms with Gasteiger partial charge in [0.15, 0.2) is 0 Å². The first-order chi connectivity index (χ1) is 8.93. The molecule has 0 N–H and O–H groups in total. The van der Waals surface area contributed by atoms with Crippen LogP contribution in [0.25, 0.3) is 11.5 Å². The number of hydrogen-bond acceptors (Lipinski definition) is 2. The topological polar surface area (TPSA) is 26.0 Å². The van der Waals surface area contributed by atoms with Gasteiger partial charge in [-0.05, 0) is 18.6 Å². The molecule has 1 heterocycles. The molecule has 1 unspecified atom stereocenters. The van der Waals surface area contributed by atoms with Gasteiger partial charge in [0.25, 0.3) is 0 Å². The summed E-state index contributed by atoms with van der Waals surface area (Å²) in [6.07, 6.45) is -3.94. The SMILES string of the molecule is CCC(C)c1nc(-c2ccccc2)oc1C(F)(F)F. The standard InChI is InChI=1S/C14H14F3NO/c1-3-9(2)11-12(14(15,16)17)19-13(18-11)10-7-5-4-6-8-10/h4-9H,3H2,1-2H3. The molecule has 1 aromatic carbocycles. The Labute approximate surface area is 109 Å². The number of alkyl halides is 3. The molecule has 2 nitrogen and oxygen atoms in total. The summed E-state index contributed by atoms with van der Waals surface area (Å²) in [5.41, 5.74) is 0.524. The first kappa shape index (κ1) is 13.6. The predicted molar refractivity (Wildman–Crippen MR) is 65.6 cm³/mol. The van der Waals surface area contributed by atoms with E-state index in [2.05, 4.69) is 4.98 Å². The first-order valence-electron chi connectivity index (χ1n) is 6.06. The second-order valence-electron chi connectivity index (χ2n) is 4.41. The molecule has 0 saturated heterocycles. The molecule has 0 bridgehead atoms. The zero-order valence-electron chi connectivity index (χ0n) is 10.7. The molecule has 0 aliphatic carbocycles. The molecule has 102 valence electrons. The molecule has 2 aromatic rings. The van der Waals surface area contributed by atoms with E-state index < -0.39 is 11.9 Å². The van der Waals surface area contributed by atoms with Gasteiger partial charge in [-0.15, -0.1) is 0 Å². The van der Waals surface area contributed by atoms with Crippen molar-refractivity contribution in [2.24, 2.45) is 0 Å². The van der Waals surface area contributed by atoms with Crippen molar-refractivity contribution in [3.63, 3.8) is 0 Å². The number of halogens is 3. The van der Waals surface area contributed by atoms with Crippen LogP contribution in [0.4, 0.5) is 13.2 Å². The summed E-state index contributed by atoms with van der Waals surface area (Å²) >= 11 is 0. The molecular weight excluding hydrogens is 255 g/mol. The molecule has 1 aromatic heterocycles. The summed E-state index contributed by atoms with van der Waals surface area (Å²) in [6.45, 7) is 3.53. The first-order valence-corrected chi connectivity index (χ1v) is 6.06. The highest BCUT2D eigenvalue weighted by Crippen LogP contribution is 2.38. The minimum Gasteiger partial charge on any atom is -0.431 e. The van der Waals surface area contributed by atoms with E-state index in [1.54, 1.807) is 37.3 Å². The summed E-state index contributed by atoms with van der Waals surface area (Å²) in [4.78, 5) is 4.03. The fourth-order valence-corrected chi connectivity index (χ4v) is 1.77. The van der Waals surface area contributed by atoms with Crippen LogP contribution < -0.4 is 0 Å². The number of nitrogens with zero attached hydrogens (tertiary/aromatic N) is 1. The van der Waals surface area contributed by atoms with Crippen molar-refractivity contribution in [3.8, 4) is 11.5 Å². The van der Waals surface area contributed by atoms with Crippen molar-refractivity contribution in [3.05, 3.63) is 41.8 Å². The van der Waals surface area contributed by atoms with Crippen LogP contribution in [-0.2, 0) is 6.18 Å². The highest BCUT2D eigenvalue weighted by Gasteiger charge is 2.40. The van der Waals surface area contributed by atoms with Crippen molar-refractivity contribution in [1.29, 1.82) is 0 Å². The van der Waals surface area contributed by atoms with Crippen LogP contribution in [0.3, 0.4) is 0 Å². The number of rotatable bonds is 3. The zero-order valence-corrected chi connectivity index (χ0v) is 10.7. The van der Waals surface area contributed by atoms with Crippen molar-refractivity contribution in [2.45, 2.75) is 32.4 Å². The van der Waals surface area contributed by atoms with Crippen molar-refractivity contribution in [1.82, 2.24) is 4.98 Å². The van der Waals surface area contributed by atoms with Gasteiger partial charge in [0.1, 0.15) is 0 Å². The monoisotopic (exact) mass is 269 g/mol. The Bertz CT molecular complexity index is 546. The van der Waals surface area contributed by atoms with E-state index in [1.165, 1.54) is 0 Å². The van der Waals surface area contributed by atoms with Crippen LogP contribution >= 0.6 is 0 Å². The Morgan fingerprint density at radius 2 is 1.84 bits per heavy atom. The van der Waals surface area contributed by atoms with E-state index in [4.69, 9.17) is 4.42 Å². The van der Waals surface area contributed by atoms with E-state index in [1.807, 2.05) is 6.92 Å². The maximum Gasteiger partial charge on any atom is 0.451 e. The second-order valence-corrected chi connectivity index (χ2v) is 4.41. The van der Waals surface area contributed by atoms with Gasteiger partial charge in [-0.25, -0.2) is 4.98 Å². The van der Waals surface area contributed by atoms with Gasteiger partial charge in [0.05, 0.1) is 5.69 Å². The lowest BCUT2D eigenvalue weighted by molar-refractivity contribution is -0.153. The van der Waals surface area contributed by atoms with Gasteiger partial charge in [0.2, 0.25) is 11.7 Å². The molecule has 0 saturated carbocycles. The highest BCUT2D eigenvalue weighted by molar-refractivity contribution is 5.53. The normalized spacial score (nSPS) is 13.5. The smallest absolute Gasteiger partial charge is 0.431 e. The van der Waals surface area contributed by atoms with Crippen molar-refractivity contribution >= 4 is 0 Å². The van der Waals surface area contributed by atoms with Crippen LogP contribution in [0, 0.1) is 0 Å². The van der Waals surface area contributed by atoms with Crippen LogP contribution in [0.2, 0.25) is 0 Å². The lowest BCUT2D eigenvalue weighted by Crippen LogP contribution is -2.08. The third-order valence-corrected chi connectivity index (χ3v) is 3.01. The Hall–Kier alpha value is -1.78. The average molecular weight is 269 g/mol. The molecule has 0 fully saturated rings. The minimum absolute atomic E-state index is 0.0169. The van der Waals surface area contributed by atoms with E-state index in [0.29, 0.717) is 12.0 Å². The molecule has 0 aliphatic heterocycles. The summed E-state index contributed by atoms with van der Waals surface area (Å²) in [5, 5.41) is 0. The quantitative estimate of drug-likeness (QED) is 0.794. The Balaban J connectivity index is 2.52. The third kappa shape index (κ3) is 2.80. The van der Waals surface area contributed by atoms with Crippen molar-refractivity contribution in [2.75, 3.05) is 0 Å². The summed E-state index contributed by atoms with van der Waals surface area (Å²) in [7, 11) is 0. The predicted octanol–water partition coefficient (Wildman–Crippen LogP) is 4.87. The molecule has 5 heteroatoms. The fraction of sp³-hybridized carbons (Fsp3) is 0.357. The van der Waals surface area contributed by atoms with E-state index >= 15 is 0 Å². The van der Waals surface area contributed by atoms with Crippen LogP contribution in [0.1, 0.15) is 37.6 Å². The number of benzene rings is 1. The summed E-state index contributed by atoms with van der Waals surface area (Å²) in [5.74, 6) is -1.26. The lowest BCUT2D eigenvalue weighted by Gasteiger charge is -2.08. The summed E-state index contributed by atoms with van der Waals surface area (Å²) < 4.78 is 43.8. The number of aromatic nitrogens is 1. The Morgan fingerprint density at radius 3 is 2.37 bits per heavy atom. The third-order valence-electron chi connectivity index (χ3n) is 3.01. The Morgan fingerprint density at radius 1 is 1.21 bits per heavy atom. The van der Waals surface area contributed by atoms with Gasteiger partial charge >= 0.3 is 6.18 Å². The molecule has 0 spiro atoms. The molecule has 0 aliphatic rings. The van der Waals surface area contributed by atoms with E-state index in [0.717, 1.165) is 0 Å². The number of hydrogen-bond donors (Lipinski definition) is 0. The van der Waals surface area contributed by atoms with E-state index in [9.17, 15) is 13.2 Å². The van der Waals surface area contributed by atoms with Crippen LogP contribution in [0.5, 0.6) is 0 Å². The number of oxazole rings is 1. The highest BCUT2D eigenvalue weighted by atomic mass is 19.4. The molecule has 0 radical (unpaired) electrons. The Kier molecular flexibility index (Phi) is 3.64. The van der Waals surface area contributed by atoms with Crippen molar-refractivity contribution < 1.29 is 17.6 Å². The van der Waals surface area contributed by atoms with Crippen LogP contribution in [-0.4, -0.2) is 4.98 Å². The zero-order chi connectivity index (χ0) is 14.0. The minimum atomic E-state index is -4.52. The van der Waals surface area contributed by atoms with E-state index in [-0.39, 0.29) is 17.5 Å². The maximum atomic E-state index is 12.9. The molecule has 2 rings (SSSR count). The van der Waals surface area contributed by atoms with Gasteiger partial charge in [-0.3, -0.25) is 0 Å². The largest absolute Gasteiger partial charge is 0.451 e. The fourth-order valence-electron chi connectivity index (χ4n) is 1.77. The molecule has 0 amide bonds. The maximum absolute atomic E-state index is 12.9. The molecule has 19 heavy (non-hydrogen) atoms. The van der Waals surface area contributed by atoms with Gasteiger partial charge in [-0.1, -0.05) is 32.0 Å². The molecular formula is C14H14F3NO. The average Bonchev–Trinajstić information content (AvgIpc) is 2.84. The van der Waals surface area contributed by atoms with Crippen LogP contribution in [0.15, 0.2) is 34.7 Å². The van der Waals surface area contributed by atoms with Gasteiger partial charge < -0.3 is 4.42 Å².